The van der Waals surface area contributed by atoms with Crippen molar-refractivity contribution in [2.45, 2.75) is 42.9 Å². The molecule has 0 bridgehead atoms. The number of hydrogen-bond donors (Lipinski definition) is 2. The summed E-state index contributed by atoms with van der Waals surface area (Å²) in [5, 5.41) is 14.2. The zero-order valence-electron chi connectivity index (χ0n) is 13.3. The molecule has 18 heavy (non-hydrogen) atoms. The summed E-state index contributed by atoms with van der Waals surface area (Å²) in [5.74, 6) is -1.03. The van der Waals surface area contributed by atoms with Crippen LogP contribution in [0.1, 0.15) is 31.1 Å². The highest BCUT2D eigenvalue weighted by atomic mass is 32.2. The van der Waals surface area contributed by atoms with Crippen molar-refractivity contribution in [2.24, 2.45) is 5.29 Å². The van der Waals surface area contributed by atoms with Gasteiger partial charge < -0.3 is 10.4 Å². The van der Waals surface area contributed by atoms with Gasteiger partial charge in [0.25, 0.3) is 0 Å². The molecule has 0 aromatic heterocycles. The lowest BCUT2D eigenvalue weighted by Crippen LogP contribution is -2.36. The molecule has 0 radical (unpaired) electrons. The number of carbonyl (C=O) groups is 2. The van der Waals surface area contributed by atoms with Gasteiger partial charge in [-0.25, -0.2) is 4.79 Å². The molecule has 2 rings (SSSR count). The van der Waals surface area contributed by atoms with Crippen LogP contribution in [0.25, 0.3) is 0 Å². The van der Waals surface area contributed by atoms with E-state index in [0.717, 1.165) is 5.01 Å². The summed E-state index contributed by atoms with van der Waals surface area (Å²) in [6, 6.07) is -1.64. The molecule has 3 atom stereocenters. The molecule has 0 saturated carbocycles. The summed E-state index contributed by atoms with van der Waals surface area (Å²) in [6.45, 7) is 0. The Morgan fingerprint density at radius 3 is 3.11 bits per heavy atom. The third-order valence-corrected chi connectivity index (χ3v) is 4.29. The minimum absolute atomic E-state index is 0.272. The van der Waals surface area contributed by atoms with E-state index < -0.39 is 48.5 Å². The van der Waals surface area contributed by atoms with E-state index in [1.54, 1.807) is 0 Å². The highest BCUT2D eigenvalue weighted by Crippen LogP contribution is 2.36. The van der Waals surface area contributed by atoms with Gasteiger partial charge in [-0.2, -0.15) is 16.8 Å². The summed E-state index contributed by atoms with van der Waals surface area (Å²) < 4.78 is 31.1. The van der Waals surface area contributed by atoms with Crippen LogP contribution in [-0.4, -0.2) is 45.2 Å². The van der Waals surface area contributed by atoms with Gasteiger partial charge in [0.05, 0.1) is 17.4 Å². The molecule has 8 heteroatoms. The molecular weight excluding hydrogens is 258 g/mol. The number of aliphatic carboxylic acids is 1. The number of fused-ring (bicyclic) bond motifs is 1. The normalized spacial score (nSPS) is 35.0. The monoisotopic (exact) mass is 277 g/mol. The Hall–Kier alpha value is -1.31. The summed E-state index contributed by atoms with van der Waals surface area (Å²) in [6.07, 6.45) is -6.14. The molecule has 7 nitrogen and oxygen atoms in total. The Morgan fingerprint density at radius 1 is 1.67 bits per heavy atom. The first-order valence-electron chi connectivity index (χ1n) is 7.35. The van der Waals surface area contributed by atoms with Crippen molar-refractivity contribution in [3.05, 3.63) is 4.91 Å². The predicted octanol–water partition coefficient (Wildman–Crippen LogP) is 1.19. The van der Waals surface area contributed by atoms with Gasteiger partial charge in [0.1, 0.15) is 0 Å². The first-order valence-corrected chi connectivity index (χ1v) is 6.40. The number of nitrogens with one attached hydrogen (secondary N) is 1. The lowest BCUT2D eigenvalue weighted by atomic mass is 10.0. The molecule has 2 amide bonds. The van der Waals surface area contributed by atoms with E-state index >= 15 is 0 Å². The molecule has 0 aromatic carbocycles. The number of nitroso groups, excluding NO2 is 1. The van der Waals surface area contributed by atoms with Gasteiger partial charge in [-0.1, -0.05) is 6.37 Å². The highest BCUT2D eigenvalue weighted by molar-refractivity contribution is 8.00. The summed E-state index contributed by atoms with van der Waals surface area (Å²) in [4.78, 5) is 32.9. The third-order valence-electron chi connectivity index (χ3n) is 2.86. The number of rotatable bonds is 6. The SMILES string of the molecule is [2H]C([2H])(CC(=O)O)C([2H])([2H])C[C@@H]1SC[C@H]2[C@@H]1NC(=O)N2N=O. The number of carboxylic acids is 1. The van der Waals surface area contributed by atoms with Crippen LogP contribution in [0, 0.1) is 4.91 Å². The van der Waals surface area contributed by atoms with E-state index in [2.05, 4.69) is 10.6 Å². The maximum atomic E-state index is 11.5. The molecule has 2 N–H and O–H groups in total. The minimum atomic E-state index is -2.54. The quantitative estimate of drug-likeness (QED) is 0.561. The molecule has 0 spiro atoms. The van der Waals surface area contributed by atoms with Gasteiger partial charge in [-0.3, -0.25) is 4.79 Å². The standard InChI is InChI=1S/C10H15N3O4S/c14-8(15)4-2-1-3-7-9-6(5-18-7)13(12-17)10(16)11-9/h6-7,9H,1-5H2,(H,11,16)(H,14,15)/t6-,7-,9-/m0/s1/i1D2,2D2. The molecule has 100 valence electrons. The van der Waals surface area contributed by atoms with Crippen LogP contribution in [0.4, 0.5) is 4.79 Å². The second-order valence-electron chi connectivity index (χ2n) is 3.97. The van der Waals surface area contributed by atoms with Crippen LogP contribution in [0.3, 0.4) is 0 Å². The fourth-order valence-corrected chi connectivity index (χ4v) is 3.49. The van der Waals surface area contributed by atoms with Gasteiger partial charge in [0, 0.05) is 22.9 Å². The number of carbonyl (C=O) groups excluding carboxylic acids is 1. The second-order valence-corrected chi connectivity index (χ2v) is 5.24. The largest absolute Gasteiger partial charge is 0.481 e. The van der Waals surface area contributed by atoms with Gasteiger partial charge in [-0.05, 0) is 12.8 Å². The van der Waals surface area contributed by atoms with Gasteiger partial charge >= 0.3 is 12.0 Å². The fourth-order valence-electron chi connectivity index (χ4n) is 2.04. The Bertz CT molecular complexity index is 507. The Morgan fingerprint density at radius 2 is 2.44 bits per heavy atom. The summed E-state index contributed by atoms with van der Waals surface area (Å²) in [7, 11) is 0. The van der Waals surface area contributed by atoms with Crippen molar-refractivity contribution in [1.82, 2.24) is 10.3 Å². The van der Waals surface area contributed by atoms with Crippen LogP contribution in [0.5, 0.6) is 0 Å². The highest BCUT2D eigenvalue weighted by Gasteiger charge is 2.48. The smallest absolute Gasteiger partial charge is 0.341 e. The third kappa shape index (κ3) is 2.58. The molecule has 2 heterocycles. The van der Waals surface area contributed by atoms with Crippen molar-refractivity contribution in [1.29, 1.82) is 0 Å². The van der Waals surface area contributed by atoms with Crippen molar-refractivity contribution in [3.63, 3.8) is 0 Å². The predicted molar refractivity (Wildman–Crippen MR) is 66.1 cm³/mol. The van der Waals surface area contributed by atoms with E-state index in [4.69, 9.17) is 10.6 Å². The van der Waals surface area contributed by atoms with Gasteiger partial charge in [0.15, 0.2) is 0 Å². The Labute approximate surface area is 114 Å². The molecule has 2 saturated heterocycles. The van der Waals surface area contributed by atoms with Gasteiger partial charge in [0.2, 0.25) is 0 Å². The van der Waals surface area contributed by atoms with E-state index in [-0.39, 0.29) is 6.42 Å². The first kappa shape index (κ1) is 8.73. The minimum Gasteiger partial charge on any atom is -0.481 e. The number of carboxylic acid groups (broad SMARTS) is 1. The number of hydrogen-bond acceptors (Lipinski definition) is 5. The van der Waals surface area contributed by atoms with Crippen molar-refractivity contribution >= 4 is 23.8 Å². The molecule has 0 unspecified atom stereocenters. The van der Waals surface area contributed by atoms with Crippen molar-refractivity contribution < 1.29 is 20.2 Å². The molecular formula is C10H15N3O4S. The van der Waals surface area contributed by atoms with E-state index in [1.165, 1.54) is 11.8 Å². The molecule has 2 aliphatic heterocycles. The Kier molecular flexibility index (Phi) is 2.69. The lowest BCUT2D eigenvalue weighted by molar-refractivity contribution is -0.137. The second kappa shape index (κ2) is 5.55. The number of urea groups is 1. The summed E-state index contributed by atoms with van der Waals surface area (Å²) in [5.41, 5.74) is 0. The van der Waals surface area contributed by atoms with Crippen LogP contribution >= 0.6 is 11.8 Å². The Balaban J connectivity index is 2.09. The summed E-state index contributed by atoms with van der Waals surface area (Å²) >= 11 is 1.31. The maximum Gasteiger partial charge on any atom is 0.341 e. The molecule has 2 fully saturated rings. The maximum absolute atomic E-state index is 11.5. The topological polar surface area (TPSA) is 99.1 Å². The van der Waals surface area contributed by atoms with Crippen LogP contribution in [0.15, 0.2) is 5.29 Å². The van der Waals surface area contributed by atoms with Crippen LogP contribution in [-0.2, 0) is 4.79 Å². The zero-order chi connectivity index (χ0) is 16.7. The van der Waals surface area contributed by atoms with Gasteiger partial charge in [-0.15, -0.1) is 4.91 Å². The molecule has 2 aliphatic rings. The van der Waals surface area contributed by atoms with E-state index in [1.807, 2.05) is 0 Å². The van der Waals surface area contributed by atoms with Crippen LogP contribution in [0.2, 0.25) is 0 Å². The number of thioether (sulfide) groups is 1. The fraction of sp³-hybridized carbons (Fsp3) is 0.800. The van der Waals surface area contributed by atoms with E-state index in [0.29, 0.717) is 5.75 Å². The van der Waals surface area contributed by atoms with Crippen molar-refractivity contribution in [3.8, 4) is 0 Å². The average Bonchev–Trinajstić information content (AvgIpc) is 2.86. The molecule has 0 aliphatic carbocycles. The van der Waals surface area contributed by atoms with E-state index in [9.17, 15) is 14.5 Å². The van der Waals surface area contributed by atoms with Crippen LogP contribution < -0.4 is 5.32 Å². The average molecular weight is 277 g/mol. The molecule has 0 aromatic rings. The first-order chi connectivity index (χ1) is 10.1. The zero-order valence-corrected chi connectivity index (χ0v) is 10.1. The number of amides is 2. The number of nitrogens with zero attached hydrogens (tertiary/aromatic N) is 2. The van der Waals surface area contributed by atoms with Crippen molar-refractivity contribution in [2.75, 3.05) is 5.75 Å². The lowest BCUT2D eigenvalue weighted by Gasteiger charge is -2.16.